The fraction of sp³-hybridized carbons (Fsp3) is 0.186. The van der Waals surface area contributed by atoms with Crippen molar-refractivity contribution in [2.45, 2.75) is 61.9 Å². The number of hydrogen-bond acceptors (Lipinski definition) is 4. The number of para-hydroxylation sites is 2. The molecule has 0 saturated carbocycles. The quantitative estimate of drug-likeness (QED) is 0.198. The lowest BCUT2D eigenvalue weighted by Gasteiger charge is -2.35. The van der Waals surface area contributed by atoms with Gasteiger partial charge >= 0.3 is 0 Å². The van der Waals surface area contributed by atoms with Gasteiger partial charge in [-0.05, 0) is 101 Å². The first-order valence-electron chi connectivity index (χ1n) is 16.6. The highest BCUT2D eigenvalue weighted by Gasteiger charge is 2.44. The van der Waals surface area contributed by atoms with Crippen molar-refractivity contribution >= 4 is 34.8 Å². The molecule has 1 aliphatic carbocycles. The fourth-order valence-corrected chi connectivity index (χ4v) is 9.61. The Hall–Kier alpha value is -4.80. The van der Waals surface area contributed by atoms with Crippen molar-refractivity contribution in [2.75, 3.05) is 9.80 Å². The second-order valence-corrected chi connectivity index (χ2v) is 14.8. The van der Waals surface area contributed by atoms with Gasteiger partial charge in [-0.25, -0.2) is 4.99 Å². The zero-order valence-electron chi connectivity index (χ0n) is 27.5. The molecule has 0 fully saturated rings. The SMILES string of the molecule is Cc1cc(N2C3=NC4C=CC=CC4N3c3ccccc32)ccc1-c1cc(C)c(-c2cccc3c2Sc2ccccc2C3(C)C)cc1C. The Morgan fingerprint density at radius 3 is 2.13 bits per heavy atom. The van der Waals surface area contributed by atoms with Crippen LogP contribution in [0.15, 0.2) is 136 Å². The number of benzene rings is 5. The van der Waals surface area contributed by atoms with Crippen molar-refractivity contribution in [1.82, 2.24) is 0 Å². The van der Waals surface area contributed by atoms with Crippen LogP contribution in [0.25, 0.3) is 22.3 Å². The van der Waals surface area contributed by atoms with E-state index in [0.717, 1.165) is 11.6 Å². The minimum atomic E-state index is -0.0443. The predicted octanol–water partition coefficient (Wildman–Crippen LogP) is 10.9. The summed E-state index contributed by atoms with van der Waals surface area (Å²) in [5.41, 5.74) is 15.4. The van der Waals surface area contributed by atoms with Crippen LogP contribution in [-0.4, -0.2) is 18.0 Å². The van der Waals surface area contributed by atoms with E-state index in [1.54, 1.807) is 0 Å². The monoisotopic (exact) mass is 627 g/mol. The van der Waals surface area contributed by atoms with E-state index in [0.29, 0.717) is 0 Å². The largest absolute Gasteiger partial charge is 0.300 e. The summed E-state index contributed by atoms with van der Waals surface area (Å²) < 4.78 is 0. The van der Waals surface area contributed by atoms with Crippen molar-refractivity contribution < 1.29 is 0 Å². The maximum Gasteiger partial charge on any atom is 0.211 e. The molecule has 5 aromatic rings. The number of fused-ring (bicyclic) bond motifs is 7. The Kier molecular flexibility index (Phi) is 6.26. The van der Waals surface area contributed by atoms with E-state index in [1.807, 2.05) is 11.8 Å². The summed E-state index contributed by atoms with van der Waals surface area (Å²) in [6, 6.07) is 36.5. The van der Waals surface area contributed by atoms with Crippen molar-refractivity contribution in [2.24, 2.45) is 4.99 Å². The number of rotatable bonds is 3. The highest BCUT2D eigenvalue weighted by molar-refractivity contribution is 7.99. The lowest BCUT2D eigenvalue weighted by atomic mass is 9.76. The Morgan fingerprint density at radius 2 is 1.32 bits per heavy atom. The lowest BCUT2D eigenvalue weighted by Crippen LogP contribution is -2.39. The number of hydrogen-bond donors (Lipinski definition) is 0. The molecule has 0 bridgehead atoms. The van der Waals surface area contributed by atoms with E-state index in [4.69, 9.17) is 4.99 Å². The molecule has 2 atom stereocenters. The van der Waals surface area contributed by atoms with Gasteiger partial charge in [0.05, 0.1) is 23.5 Å². The standard InChI is InChI=1S/C43H37N3S/c1-26-23-29(45-38-18-9-10-19-39(38)46-37-17-8-7-16-36(37)44-42(45)46)21-22-30(26)32-24-28(3)33(25-27(32)2)31-13-12-15-35-41(31)47-40-20-11-6-14-34(40)43(35,4)5/h6-25,36-37H,1-5H3. The Morgan fingerprint density at radius 1 is 0.638 bits per heavy atom. The first-order chi connectivity index (χ1) is 22.8. The van der Waals surface area contributed by atoms with Crippen LogP contribution < -0.4 is 9.80 Å². The zero-order valence-corrected chi connectivity index (χ0v) is 28.3. The zero-order chi connectivity index (χ0) is 32.0. The van der Waals surface area contributed by atoms with E-state index < -0.39 is 0 Å². The van der Waals surface area contributed by atoms with Gasteiger partial charge in [-0.15, -0.1) is 0 Å². The molecule has 0 saturated heterocycles. The van der Waals surface area contributed by atoms with Gasteiger partial charge in [0.2, 0.25) is 5.96 Å². The van der Waals surface area contributed by atoms with Gasteiger partial charge in [0.25, 0.3) is 0 Å². The minimum Gasteiger partial charge on any atom is -0.300 e. The summed E-state index contributed by atoms with van der Waals surface area (Å²) in [7, 11) is 0. The van der Waals surface area contributed by atoms with E-state index in [2.05, 4.69) is 166 Å². The van der Waals surface area contributed by atoms with E-state index in [-0.39, 0.29) is 17.5 Å². The van der Waals surface area contributed by atoms with Crippen LogP contribution in [0, 0.1) is 20.8 Å². The molecule has 5 aromatic carbocycles. The van der Waals surface area contributed by atoms with Crippen LogP contribution in [0.2, 0.25) is 0 Å². The molecule has 2 unspecified atom stereocenters. The van der Waals surface area contributed by atoms with Gasteiger partial charge in [0.15, 0.2) is 0 Å². The normalized spacial score (nSPS) is 19.6. The maximum absolute atomic E-state index is 5.20. The molecule has 4 aliphatic rings. The molecule has 0 spiro atoms. The summed E-state index contributed by atoms with van der Waals surface area (Å²) >= 11 is 1.92. The molecule has 0 amide bonds. The fourth-order valence-electron chi connectivity index (χ4n) is 8.09. The number of allylic oxidation sites excluding steroid dienone is 2. The van der Waals surface area contributed by atoms with E-state index in [9.17, 15) is 0 Å². The number of anilines is 3. The topological polar surface area (TPSA) is 18.8 Å². The van der Waals surface area contributed by atoms with Gasteiger partial charge < -0.3 is 4.90 Å². The second kappa shape index (κ2) is 10.4. The molecule has 3 heterocycles. The van der Waals surface area contributed by atoms with Gasteiger partial charge in [-0.2, -0.15) is 0 Å². The first kappa shape index (κ1) is 28.4. The third-order valence-corrected chi connectivity index (χ3v) is 11.7. The third-order valence-electron chi connectivity index (χ3n) is 10.5. The average Bonchev–Trinajstić information content (AvgIpc) is 3.60. The highest BCUT2D eigenvalue weighted by Crippen LogP contribution is 2.53. The number of guanidine groups is 1. The van der Waals surface area contributed by atoms with Crippen LogP contribution in [0.4, 0.5) is 17.1 Å². The Balaban J connectivity index is 1.09. The van der Waals surface area contributed by atoms with Crippen LogP contribution in [0.1, 0.15) is 41.7 Å². The number of nitrogens with zero attached hydrogens (tertiary/aromatic N) is 3. The highest BCUT2D eigenvalue weighted by atomic mass is 32.2. The van der Waals surface area contributed by atoms with Gasteiger partial charge in [-0.1, -0.05) is 117 Å². The summed E-state index contributed by atoms with van der Waals surface area (Å²) in [4.78, 5) is 12.7. The molecule has 0 N–H and O–H groups in total. The molecule has 9 rings (SSSR count). The van der Waals surface area contributed by atoms with Gasteiger partial charge in [0.1, 0.15) is 0 Å². The molecular formula is C43H37N3S. The summed E-state index contributed by atoms with van der Waals surface area (Å²) in [6.45, 7) is 11.5. The molecule has 3 aliphatic heterocycles. The summed E-state index contributed by atoms with van der Waals surface area (Å²) in [5.74, 6) is 1.01. The Bertz CT molecular complexity index is 2220. The lowest BCUT2D eigenvalue weighted by molar-refractivity contribution is 0.608. The third kappa shape index (κ3) is 4.17. The molecule has 3 nitrogen and oxygen atoms in total. The van der Waals surface area contributed by atoms with E-state index in [1.165, 1.54) is 71.2 Å². The van der Waals surface area contributed by atoms with Crippen LogP contribution in [-0.2, 0) is 5.41 Å². The molecule has 230 valence electrons. The second-order valence-electron chi connectivity index (χ2n) is 13.8. The van der Waals surface area contributed by atoms with Crippen molar-refractivity contribution in [3.63, 3.8) is 0 Å². The number of aryl methyl sites for hydroxylation is 3. The average molecular weight is 628 g/mol. The molecular weight excluding hydrogens is 591 g/mol. The summed E-state index contributed by atoms with van der Waals surface area (Å²) in [5, 5.41) is 0. The molecule has 4 heteroatoms. The van der Waals surface area contributed by atoms with Gasteiger partial charge in [-0.3, -0.25) is 4.90 Å². The Labute approximate surface area is 282 Å². The van der Waals surface area contributed by atoms with Crippen LogP contribution in [0.5, 0.6) is 0 Å². The molecule has 47 heavy (non-hydrogen) atoms. The smallest absolute Gasteiger partial charge is 0.211 e. The molecule has 0 aromatic heterocycles. The van der Waals surface area contributed by atoms with Crippen molar-refractivity contribution in [3.8, 4) is 22.3 Å². The minimum absolute atomic E-state index is 0.0443. The predicted molar refractivity (Wildman–Crippen MR) is 199 cm³/mol. The van der Waals surface area contributed by atoms with E-state index >= 15 is 0 Å². The van der Waals surface area contributed by atoms with Crippen LogP contribution in [0.3, 0.4) is 0 Å². The summed E-state index contributed by atoms with van der Waals surface area (Å²) in [6.07, 6.45) is 8.74. The maximum atomic E-state index is 5.20. The van der Waals surface area contributed by atoms with Crippen LogP contribution >= 0.6 is 11.8 Å². The van der Waals surface area contributed by atoms with Crippen molar-refractivity contribution in [1.29, 1.82) is 0 Å². The first-order valence-corrected chi connectivity index (χ1v) is 17.4. The van der Waals surface area contributed by atoms with Gasteiger partial charge in [0, 0.05) is 20.9 Å². The van der Waals surface area contributed by atoms with Crippen molar-refractivity contribution in [3.05, 3.63) is 149 Å². The number of aliphatic imine (C=N–C) groups is 1. The molecule has 0 radical (unpaired) electrons.